The molecule has 1 aromatic carbocycles. The summed E-state index contributed by atoms with van der Waals surface area (Å²) in [4.78, 5) is 22.9. The Hall–Kier alpha value is -1.95. The number of carbonyl (C=O) groups is 1. The molecule has 1 rings (SSSR count). The molecule has 1 aromatic rings. The van der Waals surface area contributed by atoms with Crippen molar-refractivity contribution in [1.82, 2.24) is 4.90 Å². The fourth-order valence-electron chi connectivity index (χ4n) is 1.40. The molecule has 0 atom stereocenters. The second-order valence-electron chi connectivity index (χ2n) is 4.65. The van der Waals surface area contributed by atoms with Crippen molar-refractivity contribution in [3.05, 3.63) is 39.9 Å². The Kier molecular flexibility index (Phi) is 4.03. The normalized spacial score (nSPS) is 11.6. The zero-order chi connectivity index (χ0) is 13.9. The number of nitrogens with zero attached hydrogens (tertiary/aromatic N) is 2. The van der Waals surface area contributed by atoms with Gasteiger partial charge in [0.25, 0.3) is 5.69 Å². The molecular formula is C12H16N2O4. The van der Waals surface area contributed by atoms with Crippen molar-refractivity contribution >= 4 is 11.7 Å². The Morgan fingerprint density at radius 2 is 2.11 bits per heavy atom. The molecule has 0 fully saturated rings. The lowest BCUT2D eigenvalue weighted by Gasteiger charge is -2.31. The molecule has 0 radical (unpaired) electrons. The topological polar surface area (TPSA) is 83.7 Å². The number of nitro benzene ring substituents is 1. The van der Waals surface area contributed by atoms with Crippen LogP contribution in [-0.4, -0.2) is 33.5 Å². The maximum Gasteiger partial charge on any atom is 0.323 e. The molecule has 0 aliphatic carbocycles. The van der Waals surface area contributed by atoms with Gasteiger partial charge in [0.15, 0.2) is 0 Å². The number of carboxylic acid groups (broad SMARTS) is 1. The highest BCUT2D eigenvalue weighted by molar-refractivity contribution is 5.77. The number of non-ortho nitro benzene ring substituents is 1. The van der Waals surface area contributed by atoms with E-state index in [1.807, 2.05) is 0 Å². The highest BCUT2D eigenvalue weighted by atomic mass is 16.6. The summed E-state index contributed by atoms with van der Waals surface area (Å²) in [6.07, 6.45) is 0. The number of hydrogen-bond acceptors (Lipinski definition) is 4. The molecule has 0 heterocycles. The van der Waals surface area contributed by atoms with Crippen molar-refractivity contribution in [2.24, 2.45) is 0 Å². The number of aliphatic carboxylic acids is 1. The average molecular weight is 252 g/mol. The van der Waals surface area contributed by atoms with Crippen LogP contribution in [0.2, 0.25) is 0 Å². The maximum atomic E-state index is 11.1. The highest BCUT2D eigenvalue weighted by Gasteiger charge is 2.31. The Bertz CT molecular complexity index is 471. The molecule has 1 N–H and O–H groups in total. The van der Waals surface area contributed by atoms with Gasteiger partial charge in [0.05, 0.1) is 4.92 Å². The molecule has 0 amide bonds. The van der Waals surface area contributed by atoms with Gasteiger partial charge in [0.2, 0.25) is 0 Å². The van der Waals surface area contributed by atoms with E-state index < -0.39 is 16.4 Å². The molecule has 0 unspecified atom stereocenters. The number of likely N-dealkylation sites (N-methyl/N-ethyl adjacent to an activating group) is 1. The van der Waals surface area contributed by atoms with E-state index in [0.29, 0.717) is 12.1 Å². The average Bonchev–Trinajstić information content (AvgIpc) is 2.28. The molecule has 0 aliphatic heterocycles. The Morgan fingerprint density at radius 3 is 2.61 bits per heavy atom. The quantitative estimate of drug-likeness (QED) is 0.639. The molecule has 98 valence electrons. The third-order valence-electron chi connectivity index (χ3n) is 3.02. The van der Waals surface area contributed by atoms with Gasteiger partial charge >= 0.3 is 5.97 Å². The molecule has 0 aromatic heterocycles. The molecule has 0 bridgehead atoms. The van der Waals surface area contributed by atoms with Crippen LogP contribution in [0.5, 0.6) is 0 Å². The lowest BCUT2D eigenvalue weighted by molar-refractivity contribution is -0.384. The predicted molar refractivity (Wildman–Crippen MR) is 66.3 cm³/mol. The Labute approximate surface area is 105 Å². The number of benzene rings is 1. The van der Waals surface area contributed by atoms with Gasteiger partial charge in [-0.1, -0.05) is 12.1 Å². The molecule has 0 saturated carbocycles. The van der Waals surface area contributed by atoms with Crippen molar-refractivity contribution < 1.29 is 14.8 Å². The monoisotopic (exact) mass is 252 g/mol. The van der Waals surface area contributed by atoms with E-state index in [2.05, 4.69) is 0 Å². The van der Waals surface area contributed by atoms with Crippen LogP contribution in [0.25, 0.3) is 0 Å². The summed E-state index contributed by atoms with van der Waals surface area (Å²) in [5.74, 6) is -0.935. The van der Waals surface area contributed by atoms with E-state index in [1.54, 1.807) is 37.9 Å². The molecule has 6 heteroatoms. The van der Waals surface area contributed by atoms with E-state index in [1.165, 1.54) is 12.1 Å². The minimum absolute atomic E-state index is 0.00836. The van der Waals surface area contributed by atoms with Crippen LogP contribution >= 0.6 is 0 Å². The minimum atomic E-state index is -1.02. The van der Waals surface area contributed by atoms with Crippen LogP contribution < -0.4 is 0 Å². The Balaban J connectivity index is 2.88. The van der Waals surface area contributed by atoms with Crippen molar-refractivity contribution in [2.45, 2.75) is 25.9 Å². The summed E-state index contributed by atoms with van der Waals surface area (Å²) in [6.45, 7) is 3.51. The van der Waals surface area contributed by atoms with Gasteiger partial charge in [-0.2, -0.15) is 0 Å². The number of nitro groups is 1. The number of hydrogen-bond donors (Lipinski definition) is 1. The van der Waals surface area contributed by atoms with Gasteiger partial charge in [-0.3, -0.25) is 19.8 Å². The zero-order valence-electron chi connectivity index (χ0n) is 10.6. The van der Waals surface area contributed by atoms with E-state index in [9.17, 15) is 14.9 Å². The molecule has 0 spiro atoms. The van der Waals surface area contributed by atoms with Crippen molar-refractivity contribution in [1.29, 1.82) is 0 Å². The van der Waals surface area contributed by atoms with Crippen molar-refractivity contribution in [3.8, 4) is 0 Å². The highest BCUT2D eigenvalue weighted by Crippen LogP contribution is 2.19. The second-order valence-corrected chi connectivity index (χ2v) is 4.65. The van der Waals surface area contributed by atoms with Gasteiger partial charge in [-0.15, -0.1) is 0 Å². The summed E-state index contributed by atoms with van der Waals surface area (Å²) in [6, 6.07) is 6.19. The first-order chi connectivity index (χ1) is 8.25. The maximum absolute atomic E-state index is 11.1. The summed E-state index contributed by atoms with van der Waals surface area (Å²) >= 11 is 0. The van der Waals surface area contributed by atoms with Crippen molar-refractivity contribution in [2.75, 3.05) is 7.05 Å². The van der Waals surface area contributed by atoms with E-state index >= 15 is 0 Å². The second kappa shape index (κ2) is 5.14. The molecule has 0 saturated heterocycles. The summed E-state index contributed by atoms with van der Waals surface area (Å²) in [7, 11) is 1.67. The molecule has 18 heavy (non-hydrogen) atoms. The first-order valence-electron chi connectivity index (χ1n) is 5.43. The third kappa shape index (κ3) is 3.04. The van der Waals surface area contributed by atoms with Gasteiger partial charge in [0, 0.05) is 18.7 Å². The van der Waals surface area contributed by atoms with E-state index in [4.69, 9.17) is 5.11 Å². The summed E-state index contributed by atoms with van der Waals surface area (Å²) in [5, 5.41) is 19.7. The van der Waals surface area contributed by atoms with Gasteiger partial charge < -0.3 is 5.11 Å². The molecule has 6 nitrogen and oxygen atoms in total. The third-order valence-corrected chi connectivity index (χ3v) is 3.02. The lowest BCUT2D eigenvalue weighted by Crippen LogP contribution is -2.47. The van der Waals surface area contributed by atoms with Crippen LogP contribution in [0.1, 0.15) is 19.4 Å². The minimum Gasteiger partial charge on any atom is -0.480 e. The largest absolute Gasteiger partial charge is 0.480 e. The van der Waals surface area contributed by atoms with Gasteiger partial charge in [-0.25, -0.2) is 0 Å². The van der Waals surface area contributed by atoms with Crippen molar-refractivity contribution in [3.63, 3.8) is 0 Å². The van der Waals surface area contributed by atoms with E-state index in [0.717, 1.165) is 0 Å². The van der Waals surface area contributed by atoms with Gasteiger partial charge in [0.1, 0.15) is 5.54 Å². The van der Waals surface area contributed by atoms with Crippen LogP contribution in [0.3, 0.4) is 0 Å². The molecular weight excluding hydrogens is 236 g/mol. The fourth-order valence-corrected chi connectivity index (χ4v) is 1.40. The van der Waals surface area contributed by atoms with Crippen LogP contribution in [-0.2, 0) is 11.3 Å². The Morgan fingerprint density at radius 1 is 1.50 bits per heavy atom. The van der Waals surface area contributed by atoms with Crippen LogP contribution in [0.4, 0.5) is 5.69 Å². The summed E-state index contributed by atoms with van der Waals surface area (Å²) < 4.78 is 0. The number of rotatable bonds is 5. The number of carboxylic acids is 1. The molecule has 0 aliphatic rings. The van der Waals surface area contributed by atoms with E-state index in [-0.39, 0.29) is 5.69 Å². The predicted octanol–water partition coefficient (Wildman–Crippen LogP) is 1.89. The van der Waals surface area contributed by atoms with Crippen LogP contribution in [0, 0.1) is 10.1 Å². The standard InChI is InChI=1S/C12H16N2O4/c1-12(2,11(15)16)13(3)8-9-5-4-6-10(7-9)14(17)18/h4-7H,8H2,1-3H3,(H,15,16). The fraction of sp³-hybridized carbons (Fsp3) is 0.417. The van der Waals surface area contributed by atoms with Gasteiger partial charge in [-0.05, 0) is 26.5 Å². The first kappa shape index (κ1) is 14.1. The van der Waals surface area contributed by atoms with Crippen LogP contribution in [0.15, 0.2) is 24.3 Å². The summed E-state index contributed by atoms with van der Waals surface area (Å²) in [5.41, 5.74) is -0.306. The SMILES string of the molecule is CN(Cc1cccc([N+](=O)[O-])c1)C(C)(C)C(=O)O. The first-order valence-corrected chi connectivity index (χ1v) is 5.43. The lowest BCUT2D eigenvalue weighted by atomic mass is 10.0. The smallest absolute Gasteiger partial charge is 0.323 e. The zero-order valence-corrected chi connectivity index (χ0v) is 10.6.